The van der Waals surface area contributed by atoms with Crippen molar-refractivity contribution in [1.82, 2.24) is 5.16 Å². The van der Waals surface area contributed by atoms with Crippen molar-refractivity contribution in [3.63, 3.8) is 0 Å². The molecule has 0 unspecified atom stereocenters. The van der Waals surface area contributed by atoms with Crippen LogP contribution in [0.1, 0.15) is 35.9 Å². The second-order valence-corrected chi connectivity index (χ2v) is 5.97. The largest absolute Gasteiger partial charge is 0.360 e. The summed E-state index contributed by atoms with van der Waals surface area (Å²) in [5, 5.41) is 4.14. The highest BCUT2D eigenvalue weighted by molar-refractivity contribution is 6.10. The predicted molar refractivity (Wildman–Crippen MR) is 99.7 cm³/mol. The summed E-state index contributed by atoms with van der Waals surface area (Å²) in [5.74, 6) is 0.471. The standard InChI is InChI=1S/C21H22N2O2/c1-3-4-15-23(18-13-9-6-10-14-18)21(24)19-16(2)25-22-20(19)17-11-7-5-8-12-17/h5-14H,3-4,15H2,1-2H3. The summed E-state index contributed by atoms with van der Waals surface area (Å²) >= 11 is 0. The fourth-order valence-electron chi connectivity index (χ4n) is 2.82. The number of hydrogen-bond acceptors (Lipinski definition) is 3. The molecule has 0 atom stereocenters. The van der Waals surface area contributed by atoms with Crippen LogP contribution in [-0.2, 0) is 0 Å². The highest BCUT2D eigenvalue weighted by Gasteiger charge is 2.26. The topological polar surface area (TPSA) is 46.3 Å². The maximum atomic E-state index is 13.4. The number of hydrogen-bond donors (Lipinski definition) is 0. The number of anilines is 1. The van der Waals surface area contributed by atoms with Gasteiger partial charge in [0, 0.05) is 17.8 Å². The molecule has 1 heterocycles. The number of unbranched alkanes of at least 4 members (excludes halogenated alkanes) is 1. The van der Waals surface area contributed by atoms with Crippen molar-refractivity contribution in [2.45, 2.75) is 26.7 Å². The van der Waals surface area contributed by atoms with Crippen LogP contribution >= 0.6 is 0 Å². The molecule has 1 aromatic heterocycles. The summed E-state index contributed by atoms with van der Waals surface area (Å²) in [6, 6.07) is 19.4. The van der Waals surface area contributed by atoms with E-state index in [9.17, 15) is 4.79 Å². The third-order valence-electron chi connectivity index (χ3n) is 4.17. The number of aromatic nitrogens is 1. The van der Waals surface area contributed by atoms with E-state index in [1.54, 1.807) is 6.92 Å². The third-order valence-corrected chi connectivity index (χ3v) is 4.17. The predicted octanol–water partition coefficient (Wildman–Crippen LogP) is 5.10. The lowest BCUT2D eigenvalue weighted by atomic mass is 10.0. The molecule has 0 saturated carbocycles. The quantitative estimate of drug-likeness (QED) is 0.630. The van der Waals surface area contributed by atoms with Crippen LogP contribution in [0.5, 0.6) is 0 Å². The molecule has 128 valence electrons. The first-order valence-corrected chi connectivity index (χ1v) is 8.61. The van der Waals surface area contributed by atoms with E-state index in [-0.39, 0.29) is 5.91 Å². The summed E-state index contributed by atoms with van der Waals surface area (Å²) in [6.45, 7) is 4.57. The monoisotopic (exact) mass is 334 g/mol. The van der Waals surface area contributed by atoms with Crippen molar-refractivity contribution >= 4 is 11.6 Å². The average molecular weight is 334 g/mol. The SMILES string of the molecule is CCCCN(C(=O)c1c(-c2ccccc2)noc1C)c1ccccc1. The third kappa shape index (κ3) is 3.63. The lowest BCUT2D eigenvalue weighted by Crippen LogP contribution is -2.32. The minimum atomic E-state index is -0.0720. The van der Waals surface area contributed by atoms with E-state index < -0.39 is 0 Å². The minimum Gasteiger partial charge on any atom is -0.360 e. The summed E-state index contributed by atoms with van der Waals surface area (Å²) in [4.78, 5) is 15.2. The van der Waals surface area contributed by atoms with Gasteiger partial charge in [0.2, 0.25) is 0 Å². The van der Waals surface area contributed by atoms with E-state index in [1.165, 1.54) is 0 Å². The van der Waals surface area contributed by atoms with Gasteiger partial charge in [0.05, 0.1) is 0 Å². The Hall–Kier alpha value is -2.88. The van der Waals surface area contributed by atoms with E-state index in [0.717, 1.165) is 24.1 Å². The zero-order chi connectivity index (χ0) is 17.6. The fraction of sp³-hybridized carbons (Fsp3) is 0.238. The molecule has 0 spiro atoms. The molecule has 0 bridgehead atoms. The summed E-state index contributed by atoms with van der Waals surface area (Å²) in [6.07, 6.45) is 1.95. The molecule has 0 fully saturated rings. The zero-order valence-corrected chi connectivity index (χ0v) is 14.6. The van der Waals surface area contributed by atoms with Crippen LogP contribution in [0.25, 0.3) is 11.3 Å². The van der Waals surface area contributed by atoms with Crippen LogP contribution in [0.4, 0.5) is 5.69 Å². The Morgan fingerprint density at radius 2 is 1.68 bits per heavy atom. The number of aryl methyl sites for hydroxylation is 1. The molecule has 4 heteroatoms. The van der Waals surface area contributed by atoms with Gasteiger partial charge in [-0.2, -0.15) is 0 Å². The molecular formula is C21H22N2O2. The number of benzene rings is 2. The van der Waals surface area contributed by atoms with E-state index in [2.05, 4.69) is 12.1 Å². The van der Waals surface area contributed by atoms with Crippen molar-refractivity contribution in [3.05, 3.63) is 72.0 Å². The molecule has 2 aromatic carbocycles. The maximum absolute atomic E-state index is 13.4. The first kappa shape index (κ1) is 17.0. The first-order chi connectivity index (χ1) is 12.2. The Balaban J connectivity index is 2.02. The van der Waals surface area contributed by atoms with Crippen LogP contribution < -0.4 is 4.90 Å². The van der Waals surface area contributed by atoms with Gasteiger partial charge in [-0.25, -0.2) is 0 Å². The Morgan fingerprint density at radius 1 is 1.04 bits per heavy atom. The zero-order valence-electron chi connectivity index (χ0n) is 14.6. The van der Waals surface area contributed by atoms with E-state index >= 15 is 0 Å². The molecule has 25 heavy (non-hydrogen) atoms. The molecule has 0 aliphatic carbocycles. The van der Waals surface area contributed by atoms with Crippen molar-refractivity contribution in [3.8, 4) is 11.3 Å². The van der Waals surface area contributed by atoms with Crippen LogP contribution in [0.2, 0.25) is 0 Å². The van der Waals surface area contributed by atoms with Gasteiger partial charge in [-0.3, -0.25) is 4.79 Å². The fourth-order valence-corrected chi connectivity index (χ4v) is 2.82. The number of carbonyl (C=O) groups is 1. The van der Waals surface area contributed by atoms with Crippen LogP contribution in [0.3, 0.4) is 0 Å². The van der Waals surface area contributed by atoms with Crippen molar-refractivity contribution in [2.24, 2.45) is 0 Å². The Labute approximate surface area is 148 Å². The van der Waals surface area contributed by atoms with Crippen molar-refractivity contribution < 1.29 is 9.32 Å². The second kappa shape index (κ2) is 7.79. The minimum absolute atomic E-state index is 0.0720. The van der Waals surface area contributed by atoms with Crippen molar-refractivity contribution in [1.29, 1.82) is 0 Å². The van der Waals surface area contributed by atoms with Crippen LogP contribution in [0.15, 0.2) is 65.2 Å². The van der Waals surface area contributed by atoms with Gasteiger partial charge >= 0.3 is 0 Å². The molecular weight excluding hydrogens is 312 g/mol. The van der Waals surface area contributed by atoms with Gasteiger partial charge in [0.25, 0.3) is 5.91 Å². The van der Waals surface area contributed by atoms with Crippen LogP contribution in [0, 0.1) is 6.92 Å². The molecule has 0 saturated heterocycles. The van der Waals surface area contributed by atoms with Gasteiger partial charge in [-0.15, -0.1) is 0 Å². The summed E-state index contributed by atoms with van der Waals surface area (Å²) in [5.41, 5.74) is 2.90. The average Bonchev–Trinajstić information content (AvgIpc) is 3.05. The molecule has 0 N–H and O–H groups in total. The van der Waals surface area contributed by atoms with Gasteiger partial charge in [0.1, 0.15) is 17.0 Å². The number of para-hydroxylation sites is 1. The molecule has 0 aliphatic rings. The maximum Gasteiger partial charge on any atom is 0.264 e. The Morgan fingerprint density at radius 3 is 2.32 bits per heavy atom. The number of carbonyl (C=O) groups excluding carboxylic acids is 1. The summed E-state index contributed by atoms with van der Waals surface area (Å²) in [7, 11) is 0. The van der Waals surface area contributed by atoms with Gasteiger partial charge < -0.3 is 9.42 Å². The van der Waals surface area contributed by atoms with Crippen molar-refractivity contribution in [2.75, 3.05) is 11.4 Å². The highest BCUT2D eigenvalue weighted by Crippen LogP contribution is 2.28. The van der Waals surface area contributed by atoms with Gasteiger partial charge in [-0.1, -0.05) is 67.0 Å². The number of rotatable bonds is 6. The molecule has 0 radical (unpaired) electrons. The highest BCUT2D eigenvalue weighted by atomic mass is 16.5. The molecule has 0 aliphatic heterocycles. The smallest absolute Gasteiger partial charge is 0.264 e. The molecule has 1 amide bonds. The summed E-state index contributed by atoms with van der Waals surface area (Å²) < 4.78 is 5.36. The molecule has 3 aromatic rings. The van der Waals surface area contributed by atoms with Gasteiger partial charge in [0.15, 0.2) is 0 Å². The second-order valence-electron chi connectivity index (χ2n) is 5.97. The molecule has 4 nitrogen and oxygen atoms in total. The first-order valence-electron chi connectivity index (χ1n) is 8.61. The lowest BCUT2D eigenvalue weighted by molar-refractivity contribution is 0.0985. The van der Waals surface area contributed by atoms with E-state index in [0.29, 0.717) is 23.6 Å². The Bertz CT molecular complexity index is 826. The van der Waals surface area contributed by atoms with E-state index in [4.69, 9.17) is 4.52 Å². The molecule has 3 rings (SSSR count). The van der Waals surface area contributed by atoms with Gasteiger partial charge in [-0.05, 0) is 25.5 Å². The van der Waals surface area contributed by atoms with E-state index in [1.807, 2.05) is 65.6 Å². The number of amides is 1. The normalized spacial score (nSPS) is 10.6. The van der Waals surface area contributed by atoms with Crippen LogP contribution in [-0.4, -0.2) is 17.6 Å². The number of nitrogens with zero attached hydrogens (tertiary/aromatic N) is 2. The Kier molecular flexibility index (Phi) is 5.29. The lowest BCUT2D eigenvalue weighted by Gasteiger charge is -2.22.